The van der Waals surface area contributed by atoms with Gasteiger partial charge in [0, 0.05) is 6.54 Å². The average Bonchev–Trinajstić information content (AvgIpc) is 2.28. The fourth-order valence-electron chi connectivity index (χ4n) is 1.91. The molecule has 1 amide bonds. The maximum Gasteiger partial charge on any atom is 0.307 e. The summed E-state index contributed by atoms with van der Waals surface area (Å²) in [7, 11) is 0. The van der Waals surface area contributed by atoms with E-state index >= 15 is 0 Å². The number of carbonyl (C=O) groups is 2. The van der Waals surface area contributed by atoms with Crippen molar-refractivity contribution in [2.24, 2.45) is 11.8 Å². The molecule has 0 aliphatic heterocycles. The smallest absolute Gasteiger partial charge is 0.307 e. The van der Waals surface area contributed by atoms with E-state index in [9.17, 15) is 9.59 Å². The predicted molar refractivity (Wildman–Crippen MR) is 62.3 cm³/mol. The largest absolute Gasteiger partial charge is 0.481 e. The van der Waals surface area contributed by atoms with Crippen LogP contribution in [0.25, 0.3) is 0 Å². The van der Waals surface area contributed by atoms with Gasteiger partial charge in [-0.25, -0.2) is 0 Å². The van der Waals surface area contributed by atoms with Gasteiger partial charge in [0.2, 0.25) is 5.91 Å². The molecule has 3 atom stereocenters. The lowest BCUT2D eigenvalue weighted by Gasteiger charge is -2.24. The SMILES string of the molecule is CC(O)CCNC(=O)[C@@H]1CC=CC[C@@H]1C(=O)O. The summed E-state index contributed by atoms with van der Waals surface area (Å²) in [6.07, 6.45) is 4.54. The fraction of sp³-hybridized carbons (Fsp3) is 0.667. The van der Waals surface area contributed by atoms with Crippen LogP contribution in [0.15, 0.2) is 12.2 Å². The summed E-state index contributed by atoms with van der Waals surface area (Å²) >= 11 is 0. The lowest BCUT2D eigenvalue weighted by Crippen LogP contribution is -2.39. The van der Waals surface area contributed by atoms with Gasteiger partial charge in [-0.2, -0.15) is 0 Å². The van der Waals surface area contributed by atoms with Crippen LogP contribution in [-0.4, -0.2) is 34.7 Å². The molecule has 5 nitrogen and oxygen atoms in total. The normalized spacial score (nSPS) is 25.3. The summed E-state index contributed by atoms with van der Waals surface area (Å²) in [5, 5.41) is 20.7. The van der Waals surface area contributed by atoms with Crippen molar-refractivity contribution in [3.05, 3.63) is 12.2 Å². The number of aliphatic carboxylic acids is 1. The molecule has 0 heterocycles. The molecule has 1 rings (SSSR count). The molecule has 0 aromatic carbocycles. The number of carbonyl (C=O) groups excluding carboxylic acids is 1. The van der Waals surface area contributed by atoms with Crippen LogP contribution in [0.2, 0.25) is 0 Å². The third-order valence-electron chi connectivity index (χ3n) is 2.95. The maximum absolute atomic E-state index is 11.8. The molecule has 0 saturated heterocycles. The number of hydrogen-bond donors (Lipinski definition) is 3. The second-order valence-electron chi connectivity index (χ2n) is 4.42. The van der Waals surface area contributed by atoms with E-state index in [2.05, 4.69) is 5.32 Å². The molecule has 0 spiro atoms. The van der Waals surface area contributed by atoms with E-state index in [-0.39, 0.29) is 5.91 Å². The van der Waals surface area contributed by atoms with Crippen LogP contribution in [-0.2, 0) is 9.59 Å². The van der Waals surface area contributed by atoms with Crippen LogP contribution in [0.4, 0.5) is 0 Å². The highest BCUT2D eigenvalue weighted by Gasteiger charge is 2.33. The van der Waals surface area contributed by atoms with Crippen molar-refractivity contribution in [1.82, 2.24) is 5.32 Å². The minimum absolute atomic E-state index is 0.234. The highest BCUT2D eigenvalue weighted by atomic mass is 16.4. The highest BCUT2D eigenvalue weighted by molar-refractivity contribution is 5.85. The molecular weight excluding hydrogens is 222 g/mol. The Kier molecular flexibility index (Phi) is 5.15. The Bertz CT molecular complexity index is 312. The molecule has 0 fully saturated rings. The van der Waals surface area contributed by atoms with Crippen molar-refractivity contribution in [3.63, 3.8) is 0 Å². The second-order valence-corrected chi connectivity index (χ2v) is 4.42. The topological polar surface area (TPSA) is 86.6 Å². The molecule has 5 heteroatoms. The van der Waals surface area contributed by atoms with Gasteiger partial charge in [0.15, 0.2) is 0 Å². The second kappa shape index (κ2) is 6.39. The highest BCUT2D eigenvalue weighted by Crippen LogP contribution is 2.25. The monoisotopic (exact) mass is 241 g/mol. The lowest BCUT2D eigenvalue weighted by molar-refractivity contribution is -0.147. The first-order valence-corrected chi connectivity index (χ1v) is 5.86. The van der Waals surface area contributed by atoms with Crippen molar-refractivity contribution in [3.8, 4) is 0 Å². The Hall–Kier alpha value is -1.36. The number of carboxylic acid groups (broad SMARTS) is 1. The zero-order valence-corrected chi connectivity index (χ0v) is 9.93. The zero-order chi connectivity index (χ0) is 12.8. The van der Waals surface area contributed by atoms with Crippen LogP contribution in [0.3, 0.4) is 0 Å². The molecule has 1 aliphatic carbocycles. The molecule has 1 aliphatic rings. The minimum atomic E-state index is -0.926. The molecule has 0 aromatic rings. The van der Waals surface area contributed by atoms with Crippen molar-refractivity contribution < 1.29 is 19.8 Å². The van der Waals surface area contributed by atoms with Gasteiger partial charge in [-0.1, -0.05) is 12.2 Å². The number of carboxylic acids is 1. The van der Waals surface area contributed by atoms with Gasteiger partial charge in [0.05, 0.1) is 17.9 Å². The first kappa shape index (κ1) is 13.7. The average molecular weight is 241 g/mol. The van der Waals surface area contributed by atoms with Crippen molar-refractivity contribution in [1.29, 1.82) is 0 Å². The number of nitrogens with one attached hydrogen (secondary N) is 1. The summed E-state index contributed by atoms with van der Waals surface area (Å²) in [4.78, 5) is 22.8. The van der Waals surface area contributed by atoms with Crippen LogP contribution < -0.4 is 5.32 Å². The standard InChI is InChI=1S/C12H19NO4/c1-8(14)6-7-13-11(15)9-4-2-3-5-10(9)12(16)17/h2-3,8-10,14H,4-7H2,1H3,(H,13,15)(H,16,17)/t8?,9-,10+/m1/s1. The van der Waals surface area contributed by atoms with E-state index in [0.29, 0.717) is 25.8 Å². The van der Waals surface area contributed by atoms with Crippen LogP contribution in [0, 0.1) is 11.8 Å². The summed E-state index contributed by atoms with van der Waals surface area (Å²) in [6.45, 7) is 2.03. The Labute approximate surface area is 101 Å². The van der Waals surface area contributed by atoms with E-state index in [4.69, 9.17) is 10.2 Å². The summed E-state index contributed by atoms with van der Waals surface area (Å²) < 4.78 is 0. The third kappa shape index (κ3) is 4.19. The number of allylic oxidation sites excluding steroid dienone is 2. The van der Waals surface area contributed by atoms with E-state index in [1.165, 1.54) is 0 Å². The van der Waals surface area contributed by atoms with Gasteiger partial charge in [-0.3, -0.25) is 9.59 Å². The molecular formula is C12H19NO4. The quantitative estimate of drug-likeness (QED) is 0.613. The summed E-state index contributed by atoms with van der Waals surface area (Å²) in [5.74, 6) is -2.29. The summed E-state index contributed by atoms with van der Waals surface area (Å²) in [5.41, 5.74) is 0. The van der Waals surface area contributed by atoms with Gasteiger partial charge in [-0.15, -0.1) is 0 Å². The van der Waals surface area contributed by atoms with Crippen LogP contribution >= 0.6 is 0 Å². The first-order chi connectivity index (χ1) is 8.02. The van der Waals surface area contributed by atoms with Crippen molar-refractivity contribution >= 4 is 11.9 Å². The van der Waals surface area contributed by atoms with Crippen molar-refractivity contribution in [2.45, 2.75) is 32.3 Å². The van der Waals surface area contributed by atoms with Gasteiger partial charge in [-0.05, 0) is 26.2 Å². The molecule has 96 valence electrons. The summed E-state index contributed by atoms with van der Waals surface area (Å²) in [6, 6.07) is 0. The first-order valence-electron chi connectivity index (χ1n) is 5.86. The number of hydrogen-bond acceptors (Lipinski definition) is 3. The van der Waals surface area contributed by atoms with Gasteiger partial charge >= 0.3 is 5.97 Å². The molecule has 0 saturated carbocycles. The van der Waals surface area contributed by atoms with E-state index in [0.717, 1.165) is 0 Å². The van der Waals surface area contributed by atoms with Crippen LogP contribution in [0.5, 0.6) is 0 Å². The lowest BCUT2D eigenvalue weighted by atomic mass is 9.82. The number of aliphatic hydroxyl groups is 1. The molecule has 17 heavy (non-hydrogen) atoms. The predicted octanol–water partition coefficient (Wildman–Crippen LogP) is 0.541. The minimum Gasteiger partial charge on any atom is -0.481 e. The van der Waals surface area contributed by atoms with E-state index in [1.807, 2.05) is 6.08 Å². The van der Waals surface area contributed by atoms with Gasteiger partial charge in [0.25, 0.3) is 0 Å². The van der Waals surface area contributed by atoms with E-state index in [1.54, 1.807) is 13.0 Å². The van der Waals surface area contributed by atoms with E-state index < -0.39 is 23.9 Å². The molecule has 0 bridgehead atoms. The Morgan fingerprint density at radius 3 is 2.47 bits per heavy atom. The molecule has 3 N–H and O–H groups in total. The number of rotatable bonds is 5. The number of aliphatic hydroxyl groups excluding tert-OH is 1. The van der Waals surface area contributed by atoms with Gasteiger partial charge < -0.3 is 15.5 Å². The Morgan fingerprint density at radius 2 is 1.94 bits per heavy atom. The van der Waals surface area contributed by atoms with Gasteiger partial charge in [0.1, 0.15) is 0 Å². The van der Waals surface area contributed by atoms with Crippen molar-refractivity contribution in [2.75, 3.05) is 6.54 Å². The Morgan fingerprint density at radius 1 is 1.35 bits per heavy atom. The fourth-order valence-corrected chi connectivity index (χ4v) is 1.91. The maximum atomic E-state index is 11.8. The third-order valence-corrected chi connectivity index (χ3v) is 2.95. The molecule has 0 aromatic heterocycles. The molecule has 0 radical (unpaired) electrons. The molecule has 1 unspecified atom stereocenters. The zero-order valence-electron chi connectivity index (χ0n) is 9.93. The number of amides is 1. The Balaban J connectivity index is 2.48. The van der Waals surface area contributed by atoms with Crippen LogP contribution in [0.1, 0.15) is 26.2 Å².